The van der Waals surface area contributed by atoms with E-state index in [1.807, 2.05) is 0 Å². The predicted octanol–water partition coefficient (Wildman–Crippen LogP) is 4.40. The molecule has 1 saturated carbocycles. The SMILES string of the molecule is O=[N+]([O-])c1cc(S(=O)(=O)N(Cc2ccc(F)cc2)C2CCCCC2)ccc1F. The van der Waals surface area contributed by atoms with Crippen molar-refractivity contribution in [3.63, 3.8) is 0 Å². The van der Waals surface area contributed by atoms with E-state index in [1.165, 1.54) is 28.6 Å². The summed E-state index contributed by atoms with van der Waals surface area (Å²) in [7, 11) is -4.11. The topological polar surface area (TPSA) is 80.5 Å². The largest absolute Gasteiger partial charge is 0.306 e. The van der Waals surface area contributed by atoms with Crippen molar-refractivity contribution in [1.82, 2.24) is 4.31 Å². The van der Waals surface area contributed by atoms with Crippen LogP contribution in [0, 0.1) is 21.7 Å². The Balaban J connectivity index is 2.01. The van der Waals surface area contributed by atoms with Crippen LogP contribution < -0.4 is 0 Å². The van der Waals surface area contributed by atoms with E-state index in [0.717, 1.165) is 37.5 Å². The highest BCUT2D eigenvalue weighted by atomic mass is 32.2. The number of nitro groups is 1. The first-order valence-electron chi connectivity index (χ1n) is 8.99. The Morgan fingerprint density at radius 1 is 1.04 bits per heavy atom. The maximum absolute atomic E-state index is 13.7. The highest BCUT2D eigenvalue weighted by Gasteiger charge is 2.34. The minimum atomic E-state index is -4.11. The number of nitrogens with zero attached hydrogens (tertiary/aromatic N) is 2. The van der Waals surface area contributed by atoms with Crippen LogP contribution in [0.25, 0.3) is 0 Å². The van der Waals surface area contributed by atoms with Gasteiger partial charge < -0.3 is 0 Å². The second-order valence-electron chi connectivity index (χ2n) is 6.84. The molecule has 0 atom stereocenters. The van der Waals surface area contributed by atoms with Crippen molar-refractivity contribution in [3.05, 3.63) is 69.8 Å². The smallest absolute Gasteiger partial charge is 0.258 e. The van der Waals surface area contributed by atoms with Crippen molar-refractivity contribution in [2.45, 2.75) is 49.6 Å². The molecule has 6 nitrogen and oxygen atoms in total. The maximum atomic E-state index is 13.7. The van der Waals surface area contributed by atoms with Gasteiger partial charge in [-0.1, -0.05) is 31.4 Å². The van der Waals surface area contributed by atoms with Crippen LogP contribution >= 0.6 is 0 Å². The molecule has 0 unspecified atom stereocenters. The molecule has 0 bridgehead atoms. The Morgan fingerprint density at radius 2 is 1.68 bits per heavy atom. The van der Waals surface area contributed by atoms with Gasteiger partial charge in [0.05, 0.1) is 9.82 Å². The first-order valence-corrected chi connectivity index (χ1v) is 10.4. The molecule has 2 aromatic carbocycles. The summed E-state index contributed by atoms with van der Waals surface area (Å²) >= 11 is 0. The van der Waals surface area contributed by atoms with Crippen molar-refractivity contribution >= 4 is 15.7 Å². The molecule has 0 N–H and O–H groups in total. The molecule has 2 aromatic rings. The zero-order valence-corrected chi connectivity index (χ0v) is 15.9. The van der Waals surface area contributed by atoms with Gasteiger partial charge in [-0.15, -0.1) is 0 Å². The van der Waals surface area contributed by atoms with Gasteiger partial charge in [-0.2, -0.15) is 8.70 Å². The van der Waals surface area contributed by atoms with E-state index in [2.05, 4.69) is 0 Å². The van der Waals surface area contributed by atoms with E-state index in [4.69, 9.17) is 0 Å². The number of sulfonamides is 1. The first kappa shape index (κ1) is 20.3. The molecule has 0 radical (unpaired) electrons. The molecule has 1 aliphatic carbocycles. The van der Waals surface area contributed by atoms with Gasteiger partial charge in [-0.25, -0.2) is 12.8 Å². The number of hydrogen-bond donors (Lipinski definition) is 0. The lowest BCUT2D eigenvalue weighted by atomic mass is 9.95. The van der Waals surface area contributed by atoms with Gasteiger partial charge in [0.1, 0.15) is 5.82 Å². The van der Waals surface area contributed by atoms with Crippen molar-refractivity contribution in [1.29, 1.82) is 0 Å². The number of halogens is 2. The van der Waals surface area contributed by atoms with Gasteiger partial charge in [-0.3, -0.25) is 10.1 Å². The second-order valence-corrected chi connectivity index (χ2v) is 8.73. The molecule has 9 heteroatoms. The van der Waals surface area contributed by atoms with Crippen LogP contribution in [0.3, 0.4) is 0 Å². The summed E-state index contributed by atoms with van der Waals surface area (Å²) in [6.07, 6.45) is 4.11. The number of hydrogen-bond acceptors (Lipinski definition) is 4. The van der Waals surface area contributed by atoms with Gasteiger partial charge >= 0.3 is 5.69 Å². The third-order valence-corrected chi connectivity index (χ3v) is 6.85. The second kappa shape index (κ2) is 8.32. The average Bonchev–Trinajstić information content (AvgIpc) is 2.68. The molecule has 1 aliphatic rings. The van der Waals surface area contributed by atoms with E-state index in [-0.39, 0.29) is 17.5 Å². The molecule has 1 fully saturated rings. The summed E-state index contributed by atoms with van der Waals surface area (Å²) in [5.41, 5.74) is -0.279. The van der Waals surface area contributed by atoms with E-state index >= 15 is 0 Å². The Hall–Kier alpha value is -2.39. The fourth-order valence-corrected chi connectivity index (χ4v) is 5.17. The van der Waals surface area contributed by atoms with Gasteiger partial charge in [0.15, 0.2) is 0 Å². The zero-order chi connectivity index (χ0) is 20.3. The van der Waals surface area contributed by atoms with Crippen LogP contribution in [0.5, 0.6) is 0 Å². The number of nitro benzene ring substituents is 1. The standard InChI is InChI=1S/C19H20F2N2O4S/c20-15-8-6-14(7-9-15)13-22(16-4-2-1-3-5-16)28(26,27)17-10-11-18(21)19(12-17)23(24)25/h6-12,16H,1-5,13H2. The first-order chi connectivity index (χ1) is 13.3. The quantitative estimate of drug-likeness (QED) is 0.522. The van der Waals surface area contributed by atoms with Crippen molar-refractivity contribution < 1.29 is 22.1 Å². The number of rotatable bonds is 6. The fraction of sp³-hybridized carbons (Fsp3) is 0.368. The van der Waals surface area contributed by atoms with E-state index < -0.39 is 32.3 Å². The van der Waals surface area contributed by atoms with Crippen LogP contribution in [-0.4, -0.2) is 23.7 Å². The van der Waals surface area contributed by atoms with Gasteiger partial charge in [0.25, 0.3) is 0 Å². The van der Waals surface area contributed by atoms with Crippen LogP contribution in [0.1, 0.15) is 37.7 Å². The van der Waals surface area contributed by atoms with Crippen LogP contribution in [-0.2, 0) is 16.6 Å². The molecule has 0 heterocycles. The van der Waals surface area contributed by atoms with Crippen molar-refractivity contribution in [2.75, 3.05) is 0 Å². The minimum absolute atomic E-state index is 0.0124. The molecule has 0 spiro atoms. The fourth-order valence-electron chi connectivity index (χ4n) is 3.48. The van der Waals surface area contributed by atoms with Crippen LogP contribution in [0.15, 0.2) is 47.4 Å². The highest BCUT2D eigenvalue weighted by molar-refractivity contribution is 7.89. The minimum Gasteiger partial charge on any atom is -0.258 e. The van der Waals surface area contributed by atoms with Gasteiger partial charge in [0, 0.05) is 18.7 Å². The Morgan fingerprint density at radius 3 is 2.29 bits per heavy atom. The normalized spacial score (nSPS) is 15.7. The van der Waals surface area contributed by atoms with Crippen LogP contribution in [0.2, 0.25) is 0 Å². The lowest BCUT2D eigenvalue weighted by Gasteiger charge is -2.33. The third kappa shape index (κ3) is 4.36. The van der Waals surface area contributed by atoms with Gasteiger partial charge in [-0.05, 0) is 42.7 Å². The molecule has 3 rings (SSSR count). The molecule has 0 aliphatic heterocycles. The van der Waals surface area contributed by atoms with Crippen LogP contribution in [0.4, 0.5) is 14.5 Å². The molecule has 0 amide bonds. The number of benzene rings is 2. The Labute approximate surface area is 162 Å². The maximum Gasteiger partial charge on any atom is 0.306 e. The Bertz CT molecular complexity index is 958. The summed E-state index contributed by atoms with van der Waals surface area (Å²) in [5.74, 6) is -1.52. The van der Waals surface area contributed by atoms with Gasteiger partial charge in [0.2, 0.25) is 15.8 Å². The summed E-state index contributed by atoms with van der Waals surface area (Å²) in [4.78, 5) is 9.75. The van der Waals surface area contributed by atoms with Crippen molar-refractivity contribution in [2.24, 2.45) is 0 Å². The molecular formula is C19H20F2N2O4S. The molecule has 0 aromatic heterocycles. The van der Waals surface area contributed by atoms with Crippen molar-refractivity contribution in [3.8, 4) is 0 Å². The zero-order valence-electron chi connectivity index (χ0n) is 15.1. The average molecular weight is 410 g/mol. The lowest BCUT2D eigenvalue weighted by Crippen LogP contribution is -2.40. The summed E-state index contributed by atoms with van der Waals surface area (Å²) < 4.78 is 54.8. The molecule has 28 heavy (non-hydrogen) atoms. The predicted molar refractivity (Wildman–Crippen MR) is 99.1 cm³/mol. The molecule has 0 saturated heterocycles. The lowest BCUT2D eigenvalue weighted by molar-refractivity contribution is -0.387. The summed E-state index contributed by atoms with van der Waals surface area (Å²) in [6, 6.07) is 7.84. The highest BCUT2D eigenvalue weighted by Crippen LogP contribution is 2.31. The molecular weight excluding hydrogens is 390 g/mol. The molecule has 150 valence electrons. The summed E-state index contributed by atoms with van der Waals surface area (Å²) in [5, 5.41) is 11.0. The third-order valence-electron chi connectivity index (χ3n) is 4.95. The van der Waals surface area contributed by atoms with E-state index in [0.29, 0.717) is 18.4 Å². The Kier molecular flexibility index (Phi) is 6.04. The van der Waals surface area contributed by atoms with E-state index in [1.54, 1.807) is 0 Å². The van der Waals surface area contributed by atoms with E-state index in [9.17, 15) is 27.3 Å². The monoisotopic (exact) mass is 410 g/mol. The summed E-state index contributed by atoms with van der Waals surface area (Å²) in [6.45, 7) is 0.0124.